The highest BCUT2D eigenvalue weighted by atomic mass is 35.5. The zero-order chi connectivity index (χ0) is 15.0. The summed E-state index contributed by atoms with van der Waals surface area (Å²) in [6, 6.07) is 5.06. The van der Waals surface area contributed by atoms with Crippen molar-refractivity contribution in [3.05, 3.63) is 41.4 Å². The number of aliphatic carboxylic acids is 2. The Hall–Kier alpha value is -2.01. The van der Waals surface area contributed by atoms with Gasteiger partial charge in [0.05, 0.1) is 0 Å². The predicted molar refractivity (Wildman–Crippen MR) is 71.7 cm³/mol. The molecule has 1 aromatic carbocycles. The van der Waals surface area contributed by atoms with Crippen molar-refractivity contribution in [2.75, 3.05) is 0 Å². The minimum Gasteiger partial charge on any atom is -0.479 e. The Morgan fingerprint density at radius 3 is 2.32 bits per heavy atom. The molecule has 0 saturated carbocycles. The Balaban J connectivity index is 0.000000555. The van der Waals surface area contributed by atoms with Crippen LogP contribution in [-0.2, 0) is 9.59 Å². The van der Waals surface area contributed by atoms with Gasteiger partial charge in [-0.25, -0.2) is 9.59 Å². The van der Waals surface area contributed by atoms with Crippen molar-refractivity contribution in [2.45, 2.75) is 20.0 Å². The van der Waals surface area contributed by atoms with Crippen LogP contribution in [0.3, 0.4) is 0 Å². The standard InChI is InChI=1S/C10H11ClO3.C3H4O2/c1-6-5-8(11)3-4-9(6)14-7(2)10(12)13;1-2-3(4)5/h3-5,7H,1-2H3,(H,12,13);2H,1H2,(H,4,5)/t7-;/m1./s1. The maximum atomic E-state index is 10.5. The number of aryl methyl sites for hydroxylation is 1. The topological polar surface area (TPSA) is 83.8 Å². The summed E-state index contributed by atoms with van der Waals surface area (Å²) in [6.07, 6.45) is -0.0186. The molecule has 0 aliphatic carbocycles. The second kappa shape index (κ2) is 8.16. The van der Waals surface area contributed by atoms with Crippen LogP contribution in [0.1, 0.15) is 12.5 Å². The van der Waals surface area contributed by atoms with Crippen molar-refractivity contribution >= 4 is 23.5 Å². The van der Waals surface area contributed by atoms with Crippen LogP contribution in [0, 0.1) is 6.92 Å². The molecule has 0 bridgehead atoms. The third-order valence-electron chi connectivity index (χ3n) is 1.96. The van der Waals surface area contributed by atoms with Gasteiger partial charge in [-0.15, -0.1) is 0 Å². The molecule has 5 nitrogen and oxygen atoms in total. The van der Waals surface area contributed by atoms with Crippen LogP contribution in [0.15, 0.2) is 30.9 Å². The summed E-state index contributed by atoms with van der Waals surface area (Å²) < 4.78 is 5.20. The molecule has 1 rings (SSSR count). The summed E-state index contributed by atoms with van der Waals surface area (Å²) in [4.78, 5) is 19.8. The lowest BCUT2D eigenvalue weighted by molar-refractivity contribution is -0.144. The van der Waals surface area contributed by atoms with Gasteiger partial charge < -0.3 is 14.9 Å². The Kier molecular flexibility index (Phi) is 7.29. The lowest BCUT2D eigenvalue weighted by Crippen LogP contribution is -2.23. The highest BCUT2D eigenvalue weighted by molar-refractivity contribution is 6.30. The molecule has 0 amide bonds. The first kappa shape index (κ1) is 17.0. The monoisotopic (exact) mass is 286 g/mol. The molecule has 0 aliphatic heterocycles. The van der Waals surface area contributed by atoms with Gasteiger partial charge in [-0.05, 0) is 37.6 Å². The Bertz CT molecular complexity index is 470. The van der Waals surface area contributed by atoms with Gasteiger partial charge in [0.15, 0.2) is 6.10 Å². The summed E-state index contributed by atoms with van der Waals surface area (Å²) in [5.74, 6) is -1.42. The largest absolute Gasteiger partial charge is 0.479 e. The molecule has 0 aliphatic rings. The van der Waals surface area contributed by atoms with E-state index in [1.54, 1.807) is 18.2 Å². The van der Waals surface area contributed by atoms with Crippen LogP contribution >= 0.6 is 11.6 Å². The molecule has 0 fully saturated rings. The molecule has 0 unspecified atom stereocenters. The van der Waals surface area contributed by atoms with E-state index in [2.05, 4.69) is 6.58 Å². The van der Waals surface area contributed by atoms with Gasteiger partial charge in [-0.3, -0.25) is 0 Å². The van der Waals surface area contributed by atoms with Crippen LogP contribution in [0.25, 0.3) is 0 Å². The van der Waals surface area contributed by atoms with Crippen molar-refractivity contribution in [3.8, 4) is 5.75 Å². The Morgan fingerprint density at radius 2 is 1.95 bits per heavy atom. The fourth-order valence-electron chi connectivity index (χ4n) is 0.986. The van der Waals surface area contributed by atoms with Crippen LogP contribution < -0.4 is 4.74 Å². The highest BCUT2D eigenvalue weighted by Crippen LogP contribution is 2.22. The summed E-state index contributed by atoms with van der Waals surface area (Å²) >= 11 is 5.74. The van der Waals surface area contributed by atoms with E-state index in [0.29, 0.717) is 10.8 Å². The number of hydrogen-bond acceptors (Lipinski definition) is 3. The first-order valence-electron chi connectivity index (χ1n) is 5.29. The number of carboxylic acid groups (broad SMARTS) is 2. The molecule has 1 atom stereocenters. The molecular weight excluding hydrogens is 272 g/mol. The Morgan fingerprint density at radius 1 is 1.42 bits per heavy atom. The van der Waals surface area contributed by atoms with Crippen molar-refractivity contribution < 1.29 is 24.5 Å². The molecule has 2 N–H and O–H groups in total. The van der Waals surface area contributed by atoms with Gasteiger partial charge >= 0.3 is 11.9 Å². The van der Waals surface area contributed by atoms with E-state index in [0.717, 1.165) is 11.6 Å². The fraction of sp³-hybridized carbons (Fsp3) is 0.231. The molecule has 0 saturated heterocycles. The minimum atomic E-state index is -0.987. The fourth-order valence-corrected chi connectivity index (χ4v) is 1.21. The van der Waals surface area contributed by atoms with E-state index in [4.69, 9.17) is 26.6 Å². The van der Waals surface area contributed by atoms with Crippen molar-refractivity contribution in [3.63, 3.8) is 0 Å². The van der Waals surface area contributed by atoms with Crippen LogP contribution in [-0.4, -0.2) is 28.3 Å². The number of carbonyl (C=O) groups is 2. The zero-order valence-corrected chi connectivity index (χ0v) is 11.3. The number of hydrogen-bond donors (Lipinski definition) is 2. The second-order valence-electron chi connectivity index (χ2n) is 3.55. The van der Waals surface area contributed by atoms with Crippen molar-refractivity contribution in [1.82, 2.24) is 0 Å². The molecule has 0 heterocycles. The van der Waals surface area contributed by atoms with E-state index < -0.39 is 18.0 Å². The Labute approximate surface area is 116 Å². The lowest BCUT2D eigenvalue weighted by atomic mass is 10.2. The van der Waals surface area contributed by atoms with E-state index in [1.165, 1.54) is 6.92 Å². The average molecular weight is 287 g/mol. The first-order valence-corrected chi connectivity index (χ1v) is 5.66. The summed E-state index contributed by atoms with van der Waals surface area (Å²) in [6.45, 7) is 6.26. The normalized spacial score (nSPS) is 10.7. The second-order valence-corrected chi connectivity index (χ2v) is 3.99. The predicted octanol–water partition coefficient (Wildman–Crippen LogP) is 2.76. The number of benzene rings is 1. The summed E-state index contributed by atoms with van der Waals surface area (Å²) in [5, 5.41) is 16.9. The van der Waals surface area contributed by atoms with Crippen molar-refractivity contribution in [2.24, 2.45) is 0 Å². The van der Waals surface area contributed by atoms with Crippen LogP contribution in [0.4, 0.5) is 0 Å². The van der Waals surface area contributed by atoms with Gasteiger partial charge in [0.25, 0.3) is 0 Å². The van der Waals surface area contributed by atoms with Gasteiger partial charge in [0.1, 0.15) is 5.75 Å². The summed E-state index contributed by atoms with van der Waals surface area (Å²) in [5.41, 5.74) is 0.825. The van der Waals surface area contributed by atoms with Gasteiger partial charge in [-0.2, -0.15) is 0 Å². The van der Waals surface area contributed by atoms with E-state index in [-0.39, 0.29) is 0 Å². The SMILES string of the molecule is C=CC(=O)O.Cc1cc(Cl)ccc1O[C@H](C)C(=O)O. The molecule has 1 aromatic rings. The maximum Gasteiger partial charge on any atom is 0.344 e. The molecule has 0 radical (unpaired) electrons. The van der Waals surface area contributed by atoms with E-state index >= 15 is 0 Å². The molecule has 0 spiro atoms. The quantitative estimate of drug-likeness (QED) is 0.832. The van der Waals surface area contributed by atoms with Gasteiger partial charge in [0.2, 0.25) is 0 Å². The minimum absolute atomic E-state index is 0.546. The third kappa shape index (κ3) is 7.10. The van der Waals surface area contributed by atoms with Crippen molar-refractivity contribution in [1.29, 1.82) is 0 Å². The molecule has 19 heavy (non-hydrogen) atoms. The summed E-state index contributed by atoms with van der Waals surface area (Å²) in [7, 11) is 0. The maximum absolute atomic E-state index is 10.5. The smallest absolute Gasteiger partial charge is 0.344 e. The number of halogens is 1. The molecular formula is C13H15ClO5. The first-order chi connectivity index (χ1) is 8.77. The average Bonchev–Trinajstić information content (AvgIpc) is 2.33. The number of ether oxygens (including phenoxy) is 1. The third-order valence-corrected chi connectivity index (χ3v) is 2.20. The van der Waals surface area contributed by atoms with Crippen LogP contribution in [0.2, 0.25) is 5.02 Å². The van der Waals surface area contributed by atoms with Crippen LogP contribution in [0.5, 0.6) is 5.75 Å². The van der Waals surface area contributed by atoms with Gasteiger partial charge in [0, 0.05) is 11.1 Å². The number of rotatable bonds is 4. The van der Waals surface area contributed by atoms with E-state index in [1.807, 2.05) is 6.92 Å². The molecule has 6 heteroatoms. The lowest BCUT2D eigenvalue weighted by Gasteiger charge is -2.12. The van der Waals surface area contributed by atoms with E-state index in [9.17, 15) is 9.59 Å². The molecule has 0 aromatic heterocycles. The highest BCUT2D eigenvalue weighted by Gasteiger charge is 2.13. The molecule has 104 valence electrons. The zero-order valence-electron chi connectivity index (χ0n) is 10.6. The number of carboxylic acids is 2. The van der Waals surface area contributed by atoms with Gasteiger partial charge in [-0.1, -0.05) is 18.2 Å².